The lowest BCUT2D eigenvalue weighted by atomic mass is 9.78. The van der Waals surface area contributed by atoms with Gasteiger partial charge in [0.2, 0.25) is 5.91 Å². The maximum Gasteiger partial charge on any atom is 0.238 e. The number of carbonyl (C=O) groups excluding carboxylic acids is 1. The van der Waals surface area contributed by atoms with Gasteiger partial charge in [0.05, 0.1) is 0 Å². The van der Waals surface area contributed by atoms with E-state index in [-0.39, 0.29) is 30.1 Å². The summed E-state index contributed by atoms with van der Waals surface area (Å²) in [4.78, 5) is 12.5. The van der Waals surface area contributed by atoms with Crippen LogP contribution in [0.5, 0.6) is 0 Å². The molecule has 1 aliphatic heterocycles. The molecule has 138 valence electrons. The minimum absolute atomic E-state index is 0.112. The van der Waals surface area contributed by atoms with Gasteiger partial charge in [0.25, 0.3) is 0 Å². The molecule has 4 nitrogen and oxygen atoms in total. The number of benzene rings is 1. The van der Waals surface area contributed by atoms with Gasteiger partial charge in [-0.2, -0.15) is 0 Å². The van der Waals surface area contributed by atoms with E-state index >= 15 is 0 Å². The molecule has 1 aromatic carbocycles. The highest BCUT2D eigenvalue weighted by atomic mass is 19.1. The molecule has 0 aromatic heterocycles. The lowest BCUT2D eigenvalue weighted by Gasteiger charge is -2.31. The molecule has 2 fully saturated rings. The van der Waals surface area contributed by atoms with Crippen molar-refractivity contribution in [2.24, 2.45) is 5.92 Å². The molecule has 6 heteroatoms. The summed E-state index contributed by atoms with van der Waals surface area (Å²) in [5.74, 6) is -0.717. The molecule has 3 N–H and O–H groups in total. The largest absolute Gasteiger partial charge is 0.354 e. The van der Waals surface area contributed by atoms with E-state index in [1.165, 1.54) is 18.2 Å². The van der Waals surface area contributed by atoms with Gasteiger partial charge in [-0.15, -0.1) is 0 Å². The Balaban J connectivity index is 1.70. The molecule has 1 saturated carbocycles. The number of rotatable bonds is 5. The summed E-state index contributed by atoms with van der Waals surface area (Å²) in [6, 6.07) is 3.93. The molecule has 0 bridgehead atoms. The van der Waals surface area contributed by atoms with Gasteiger partial charge in [-0.25, -0.2) is 14.2 Å². The standard InChI is InChI=1S/C19H27F2N3O/c1-12(2)15-10-16(24-23-15)18(25)22-11-19(8-3-4-9-19)17-13(20)6-5-7-14(17)21/h5-7,12,15-16,23-24H,3-4,8-11H2,1-2H3,(H,22,25). The van der Waals surface area contributed by atoms with E-state index in [9.17, 15) is 13.6 Å². The Labute approximate surface area is 147 Å². The summed E-state index contributed by atoms with van der Waals surface area (Å²) >= 11 is 0. The molecule has 25 heavy (non-hydrogen) atoms. The maximum atomic E-state index is 14.3. The van der Waals surface area contributed by atoms with E-state index in [4.69, 9.17) is 0 Å². The van der Waals surface area contributed by atoms with Crippen LogP contribution in [0.15, 0.2) is 18.2 Å². The molecular formula is C19H27F2N3O. The number of hydrazine groups is 1. The van der Waals surface area contributed by atoms with Crippen molar-refractivity contribution in [2.45, 2.75) is 63.5 Å². The number of halogens is 2. The molecule has 2 atom stereocenters. The van der Waals surface area contributed by atoms with Gasteiger partial charge in [-0.3, -0.25) is 10.2 Å². The maximum absolute atomic E-state index is 14.3. The minimum atomic E-state index is -0.644. The van der Waals surface area contributed by atoms with Crippen molar-refractivity contribution in [1.82, 2.24) is 16.2 Å². The second-order valence-electron chi connectivity index (χ2n) is 7.73. The Morgan fingerprint density at radius 1 is 1.24 bits per heavy atom. The van der Waals surface area contributed by atoms with Crippen LogP contribution in [0.25, 0.3) is 0 Å². The van der Waals surface area contributed by atoms with E-state index in [2.05, 4.69) is 30.0 Å². The fourth-order valence-corrected chi connectivity index (χ4v) is 4.14. The van der Waals surface area contributed by atoms with Crippen LogP contribution in [-0.2, 0) is 10.2 Å². The summed E-state index contributed by atoms with van der Waals surface area (Å²) < 4.78 is 28.7. The van der Waals surface area contributed by atoms with Crippen LogP contribution >= 0.6 is 0 Å². The first kappa shape index (κ1) is 18.3. The number of hydrogen-bond donors (Lipinski definition) is 3. The topological polar surface area (TPSA) is 53.2 Å². The SMILES string of the molecule is CC(C)C1CC(C(=O)NCC2(c3c(F)cccc3F)CCCC2)NN1. The van der Waals surface area contributed by atoms with E-state index in [0.717, 1.165) is 12.8 Å². The first-order valence-electron chi connectivity index (χ1n) is 9.16. The Bertz CT molecular complexity index is 609. The average Bonchev–Trinajstić information content (AvgIpc) is 3.23. The zero-order chi connectivity index (χ0) is 18.0. The van der Waals surface area contributed by atoms with Gasteiger partial charge in [0.1, 0.15) is 17.7 Å². The third-order valence-electron chi connectivity index (χ3n) is 5.71. The van der Waals surface area contributed by atoms with Gasteiger partial charge in [0.15, 0.2) is 0 Å². The van der Waals surface area contributed by atoms with Crippen LogP contribution in [0.2, 0.25) is 0 Å². The molecule has 1 heterocycles. The highest BCUT2D eigenvalue weighted by molar-refractivity contribution is 5.82. The minimum Gasteiger partial charge on any atom is -0.354 e. The van der Waals surface area contributed by atoms with Gasteiger partial charge >= 0.3 is 0 Å². The Hall–Kier alpha value is -1.53. The van der Waals surface area contributed by atoms with E-state index < -0.39 is 17.0 Å². The fraction of sp³-hybridized carbons (Fsp3) is 0.632. The molecule has 1 amide bonds. The number of nitrogens with one attached hydrogen (secondary N) is 3. The smallest absolute Gasteiger partial charge is 0.238 e. The second-order valence-corrected chi connectivity index (χ2v) is 7.73. The molecule has 0 radical (unpaired) electrons. The quantitative estimate of drug-likeness (QED) is 0.765. The average molecular weight is 351 g/mol. The summed E-state index contributed by atoms with van der Waals surface area (Å²) in [6.07, 6.45) is 3.93. The number of carbonyl (C=O) groups is 1. The lowest BCUT2D eigenvalue weighted by Crippen LogP contribution is -2.48. The molecule has 3 rings (SSSR count). The van der Waals surface area contributed by atoms with Crippen LogP contribution in [0.3, 0.4) is 0 Å². The van der Waals surface area contributed by atoms with Crippen molar-refractivity contribution >= 4 is 5.91 Å². The number of hydrogen-bond acceptors (Lipinski definition) is 3. The Morgan fingerprint density at radius 2 is 1.88 bits per heavy atom. The highest BCUT2D eigenvalue weighted by Gasteiger charge is 2.41. The van der Waals surface area contributed by atoms with Crippen molar-refractivity contribution in [3.63, 3.8) is 0 Å². The summed E-state index contributed by atoms with van der Waals surface area (Å²) in [5, 5.41) is 2.95. The van der Waals surface area contributed by atoms with Crippen molar-refractivity contribution in [1.29, 1.82) is 0 Å². The Morgan fingerprint density at radius 3 is 2.44 bits per heavy atom. The highest BCUT2D eigenvalue weighted by Crippen LogP contribution is 2.42. The van der Waals surface area contributed by atoms with Crippen molar-refractivity contribution < 1.29 is 13.6 Å². The molecule has 1 aromatic rings. The second kappa shape index (κ2) is 7.38. The van der Waals surface area contributed by atoms with Crippen molar-refractivity contribution in [3.8, 4) is 0 Å². The summed E-state index contributed by atoms with van der Waals surface area (Å²) in [7, 11) is 0. The number of amides is 1. The van der Waals surface area contributed by atoms with Crippen LogP contribution in [0, 0.1) is 17.6 Å². The van der Waals surface area contributed by atoms with E-state index in [0.29, 0.717) is 25.2 Å². The van der Waals surface area contributed by atoms with Gasteiger partial charge in [-0.1, -0.05) is 32.8 Å². The fourth-order valence-electron chi connectivity index (χ4n) is 4.14. The zero-order valence-electron chi connectivity index (χ0n) is 14.9. The summed E-state index contributed by atoms with van der Waals surface area (Å²) in [6.45, 7) is 4.48. The Kier molecular flexibility index (Phi) is 5.39. The molecule has 2 unspecified atom stereocenters. The molecule has 1 saturated heterocycles. The molecule has 0 spiro atoms. The third-order valence-corrected chi connectivity index (χ3v) is 5.71. The molecule has 2 aliphatic rings. The van der Waals surface area contributed by atoms with Gasteiger partial charge < -0.3 is 5.32 Å². The van der Waals surface area contributed by atoms with Gasteiger partial charge in [-0.05, 0) is 37.3 Å². The van der Waals surface area contributed by atoms with Crippen LogP contribution in [-0.4, -0.2) is 24.5 Å². The van der Waals surface area contributed by atoms with Gasteiger partial charge in [0, 0.05) is 23.6 Å². The predicted octanol–water partition coefficient (Wildman–Crippen LogP) is 2.78. The first-order chi connectivity index (χ1) is 11.9. The van der Waals surface area contributed by atoms with Crippen LogP contribution in [0.1, 0.15) is 51.5 Å². The molecular weight excluding hydrogens is 324 g/mol. The van der Waals surface area contributed by atoms with Crippen molar-refractivity contribution in [3.05, 3.63) is 35.4 Å². The third kappa shape index (κ3) is 3.70. The van der Waals surface area contributed by atoms with E-state index in [1.807, 2.05) is 0 Å². The summed E-state index contributed by atoms with van der Waals surface area (Å²) in [5.41, 5.74) is 5.66. The van der Waals surface area contributed by atoms with Crippen LogP contribution < -0.4 is 16.2 Å². The lowest BCUT2D eigenvalue weighted by molar-refractivity contribution is -0.123. The predicted molar refractivity (Wildman–Crippen MR) is 92.8 cm³/mol. The van der Waals surface area contributed by atoms with Crippen molar-refractivity contribution in [2.75, 3.05) is 6.54 Å². The van der Waals surface area contributed by atoms with Crippen LogP contribution in [0.4, 0.5) is 8.78 Å². The normalized spacial score (nSPS) is 25.5. The zero-order valence-corrected chi connectivity index (χ0v) is 14.9. The monoisotopic (exact) mass is 351 g/mol. The first-order valence-corrected chi connectivity index (χ1v) is 9.16. The van der Waals surface area contributed by atoms with E-state index in [1.54, 1.807) is 0 Å². The molecule has 1 aliphatic carbocycles.